The molecule has 8 nitrogen and oxygen atoms in total. The minimum absolute atomic E-state index is 0.0362. The van der Waals surface area contributed by atoms with Crippen LogP contribution in [-0.2, 0) is 4.74 Å². The van der Waals surface area contributed by atoms with E-state index < -0.39 is 0 Å². The van der Waals surface area contributed by atoms with Gasteiger partial charge in [0.05, 0.1) is 56.4 Å². The second kappa shape index (κ2) is 10.9. The van der Waals surface area contributed by atoms with E-state index in [9.17, 15) is 4.79 Å². The lowest BCUT2D eigenvalue weighted by atomic mass is 9.94. The summed E-state index contributed by atoms with van der Waals surface area (Å²) < 4.78 is 16.4. The average molecular weight is 525 g/mol. The number of pyridine rings is 1. The third-order valence-corrected chi connectivity index (χ3v) is 7.64. The molecule has 2 amide bonds. The van der Waals surface area contributed by atoms with Crippen LogP contribution in [0, 0.1) is 0 Å². The number of nitrogens with zero attached hydrogens (tertiary/aromatic N) is 2. The van der Waals surface area contributed by atoms with Gasteiger partial charge in [-0.1, -0.05) is 60.7 Å². The molecule has 0 bridgehead atoms. The quantitative estimate of drug-likeness (QED) is 0.358. The van der Waals surface area contributed by atoms with Crippen LogP contribution in [0.1, 0.15) is 11.5 Å². The maximum absolute atomic E-state index is 13.5. The van der Waals surface area contributed by atoms with Crippen LogP contribution in [0.15, 0.2) is 78.9 Å². The molecule has 3 aromatic carbocycles. The fraction of sp³-hybridized carbons (Fsp3) is 0.290. The van der Waals surface area contributed by atoms with Gasteiger partial charge in [0.1, 0.15) is 0 Å². The van der Waals surface area contributed by atoms with Crippen LogP contribution < -0.4 is 20.1 Å². The smallest absolute Gasteiger partial charge is 0.319 e. The Morgan fingerprint density at radius 2 is 1.62 bits per heavy atom. The van der Waals surface area contributed by atoms with Crippen LogP contribution in [0.4, 0.5) is 10.5 Å². The lowest BCUT2D eigenvalue weighted by molar-refractivity contribution is -0.0577. The molecule has 2 atom stereocenters. The summed E-state index contributed by atoms with van der Waals surface area (Å²) in [5, 5.41) is 7.22. The van der Waals surface area contributed by atoms with Gasteiger partial charge in [0.25, 0.3) is 0 Å². The molecule has 0 radical (unpaired) electrons. The molecular weight excluding hydrogens is 492 g/mol. The summed E-state index contributed by atoms with van der Waals surface area (Å²) in [4.78, 5) is 20.9. The third kappa shape index (κ3) is 5.13. The fourth-order valence-electron chi connectivity index (χ4n) is 5.49. The standard InChI is InChI=1S/C31H32N4O4/c1-37-28-14-22-13-26(30(21-11-7-4-8-12-21)32-25(22)15-29(28)38-2)33-31(36)34-27-17-35(23-18-39-19-23)16-24(27)20-9-5-3-6-10-20/h3-15,23-24,27H,16-19H2,1-2H3,(H2,33,34,36)/t24-,27+/m0/s1. The van der Waals surface area contributed by atoms with Crippen LogP contribution in [-0.4, -0.2) is 68.5 Å². The highest BCUT2D eigenvalue weighted by atomic mass is 16.5. The largest absolute Gasteiger partial charge is 0.493 e. The molecule has 0 unspecified atom stereocenters. The lowest BCUT2D eigenvalue weighted by Crippen LogP contribution is -2.49. The summed E-state index contributed by atoms with van der Waals surface area (Å²) in [5.74, 6) is 1.40. The van der Waals surface area contributed by atoms with Crippen molar-refractivity contribution in [1.29, 1.82) is 0 Å². The predicted octanol–water partition coefficient (Wildman–Crippen LogP) is 4.91. The van der Waals surface area contributed by atoms with E-state index >= 15 is 0 Å². The molecule has 2 fully saturated rings. The first-order valence-electron chi connectivity index (χ1n) is 13.2. The normalized spacial score (nSPS) is 19.4. The number of urea groups is 1. The molecule has 2 saturated heterocycles. The minimum Gasteiger partial charge on any atom is -0.493 e. The lowest BCUT2D eigenvalue weighted by Gasteiger charge is -2.34. The summed E-state index contributed by atoms with van der Waals surface area (Å²) in [6.45, 7) is 3.16. The van der Waals surface area contributed by atoms with Crippen LogP contribution in [0.25, 0.3) is 22.2 Å². The van der Waals surface area contributed by atoms with Crippen LogP contribution in [0.3, 0.4) is 0 Å². The number of nitrogens with one attached hydrogen (secondary N) is 2. The number of ether oxygens (including phenoxy) is 3. The molecule has 6 rings (SSSR count). The van der Waals surface area contributed by atoms with Crippen molar-refractivity contribution in [3.63, 3.8) is 0 Å². The van der Waals surface area contributed by atoms with E-state index in [1.54, 1.807) is 14.2 Å². The predicted molar refractivity (Wildman–Crippen MR) is 152 cm³/mol. The van der Waals surface area contributed by atoms with Gasteiger partial charge in [0, 0.05) is 36.0 Å². The molecule has 2 aliphatic rings. The zero-order valence-corrected chi connectivity index (χ0v) is 22.1. The Bertz CT molecular complexity index is 1460. The number of benzene rings is 3. The molecule has 4 aromatic rings. The summed E-state index contributed by atoms with van der Waals surface area (Å²) in [7, 11) is 3.21. The van der Waals surface area contributed by atoms with E-state index in [0.717, 1.165) is 42.8 Å². The van der Waals surface area contributed by atoms with Crippen molar-refractivity contribution in [2.24, 2.45) is 0 Å². The van der Waals surface area contributed by atoms with E-state index in [4.69, 9.17) is 19.2 Å². The number of carbonyl (C=O) groups excluding carboxylic acids is 1. The molecule has 0 spiro atoms. The number of carbonyl (C=O) groups is 1. The number of fused-ring (bicyclic) bond motifs is 1. The van der Waals surface area contributed by atoms with Gasteiger partial charge in [-0.2, -0.15) is 0 Å². The maximum Gasteiger partial charge on any atom is 0.319 e. The van der Waals surface area contributed by atoms with Crippen LogP contribution in [0.5, 0.6) is 11.5 Å². The second-order valence-electron chi connectivity index (χ2n) is 10.0. The first-order chi connectivity index (χ1) is 19.1. The van der Waals surface area contributed by atoms with E-state index in [1.165, 1.54) is 5.56 Å². The number of rotatable bonds is 7. The molecule has 2 N–H and O–H groups in total. The molecule has 39 heavy (non-hydrogen) atoms. The van der Waals surface area contributed by atoms with Crippen molar-refractivity contribution in [1.82, 2.24) is 15.2 Å². The Morgan fingerprint density at radius 3 is 2.28 bits per heavy atom. The molecule has 0 aliphatic carbocycles. The van der Waals surface area contributed by atoms with Crippen LogP contribution >= 0.6 is 0 Å². The van der Waals surface area contributed by atoms with Crippen LogP contribution in [0.2, 0.25) is 0 Å². The van der Waals surface area contributed by atoms with Gasteiger partial charge in [0.2, 0.25) is 0 Å². The first kappa shape index (κ1) is 25.2. The van der Waals surface area contributed by atoms with Crippen molar-refractivity contribution < 1.29 is 19.0 Å². The van der Waals surface area contributed by atoms with Crippen molar-refractivity contribution in [2.75, 3.05) is 45.8 Å². The highest BCUT2D eigenvalue weighted by Gasteiger charge is 2.40. The number of amides is 2. The molecular formula is C31H32N4O4. The Labute approximate surface area is 227 Å². The summed E-state index contributed by atoms with van der Waals surface area (Å²) >= 11 is 0. The van der Waals surface area contributed by atoms with E-state index in [1.807, 2.05) is 54.6 Å². The Balaban J connectivity index is 1.30. The van der Waals surface area contributed by atoms with E-state index in [-0.39, 0.29) is 18.0 Å². The topological polar surface area (TPSA) is 85.0 Å². The highest BCUT2D eigenvalue weighted by Crippen LogP contribution is 2.36. The molecule has 200 valence electrons. The van der Waals surface area contributed by atoms with Gasteiger partial charge in [-0.3, -0.25) is 4.90 Å². The number of anilines is 1. The fourth-order valence-corrected chi connectivity index (χ4v) is 5.49. The average Bonchev–Trinajstić information content (AvgIpc) is 3.34. The number of aromatic nitrogens is 1. The molecule has 2 aliphatic heterocycles. The summed E-state index contributed by atoms with van der Waals surface area (Å²) in [5.41, 5.74) is 4.19. The molecule has 0 saturated carbocycles. The molecule has 3 heterocycles. The Hall–Kier alpha value is -4.14. The maximum atomic E-state index is 13.5. The van der Waals surface area contributed by atoms with Gasteiger partial charge < -0.3 is 24.8 Å². The minimum atomic E-state index is -0.258. The zero-order valence-electron chi connectivity index (χ0n) is 22.1. The summed E-state index contributed by atoms with van der Waals surface area (Å²) in [6, 6.07) is 26.0. The first-order valence-corrected chi connectivity index (χ1v) is 13.2. The van der Waals surface area contributed by atoms with Gasteiger partial charge in [0.15, 0.2) is 11.5 Å². The molecule has 1 aromatic heterocycles. The molecule has 8 heteroatoms. The number of hydrogen-bond donors (Lipinski definition) is 2. The number of hydrogen-bond acceptors (Lipinski definition) is 6. The number of likely N-dealkylation sites (tertiary alicyclic amines) is 1. The van der Waals surface area contributed by atoms with E-state index in [0.29, 0.717) is 28.9 Å². The van der Waals surface area contributed by atoms with Gasteiger partial charge in [-0.05, 0) is 17.7 Å². The van der Waals surface area contributed by atoms with Crippen molar-refractivity contribution in [3.05, 3.63) is 84.4 Å². The number of methoxy groups -OCH3 is 2. The van der Waals surface area contributed by atoms with Crippen molar-refractivity contribution in [3.8, 4) is 22.8 Å². The Morgan fingerprint density at radius 1 is 0.923 bits per heavy atom. The monoisotopic (exact) mass is 524 g/mol. The van der Waals surface area contributed by atoms with Gasteiger partial charge in [-0.15, -0.1) is 0 Å². The Kier molecular flexibility index (Phi) is 7.04. The zero-order chi connectivity index (χ0) is 26.8. The second-order valence-corrected chi connectivity index (χ2v) is 10.0. The highest BCUT2D eigenvalue weighted by molar-refractivity contribution is 5.98. The van der Waals surface area contributed by atoms with Crippen molar-refractivity contribution >= 4 is 22.6 Å². The SMILES string of the molecule is COc1cc2cc(NC(=O)N[C@@H]3CN(C4COC4)C[C@H]3c3ccccc3)c(-c3ccccc3)nc2cc1OC. The van der Waals surface area contributed by atoms with Gasteiger partial charge in [-0.25, -0.2) is 9.78 Å². The van der Waals surface area contributed by atoms with E-state index in [2.05, 4.69) is 39.8 Å². The summed E-state index contributed by atoms with van der Waals surface area (Å²) in [6.07, 6.45) is 0. The third-order valence-electron chi connectivity index (χ3n) is 7.64. The van der Waals surface area contributed by atoms with Crippen molar-refractivity contribution in [2.45, 2.75) is 18.0 Å². The van der Waals surface area contributed by atoms with Gasteiger partial charge >= 0.3 is 6.03 Å².